The highest BCUT2D eigenvalue weighted by Crippen LogP contribution is 2.24. The molecule has 38 heavy (non-hydrogen) atoms. The molecule has 3 rings (SSSR count). The van der Waals surface area contributed by atoms with E-state index in [1.54, 1.807) is 50.5 Å². The van der Waals surface area contributed by atoms with Crippen molar-refractivity contribution in [1.29, 1.82) is 0 Å². The van der Waals surface area contributed by atoms with Crippen molar-refractivity contribution >= 4 is 50.2 Å². The van der Waals surface area contributed by atoms with Crippen LogP contribution in [0.1, 0.15) is 27.2 Å². The third kappa shape index (κ3) is 6.88. The number of benzene rings is 2. The number of halogens is 1. The molecule has 2 amide bonds. The fourth-order valence-corrected chi connectivity index (χ4v) is 5.66. The average Bonchev–Trinajstić information content (AvgIpc) is 3.19. The lowest BCUT2D eigenvalue weighted by molar-refractivity contribution is -0.525. The minimum Gasteiger partial charge on any atom is -0.365 e. The first-order chi connectivity index (χ1) is 17.8. The number of nitro groups is 1. The van der Waals surface area contributed by atoms with Crippen LogP contribution in [0, 0.1) is 10.1 Å². The number of nitrogens with two attached hydrogens (primary N) is 1. The van der Waals surface area contributed by atoms with Gasteiger partial charge in [0.25, 0.3) is 5.96 Å². The topological polar surface area (TPSA) is 180 Å². The Morgan fingerprint density at radius 3 is 2.58 bits per heavy atom. The molecule has 2 aromatic rings. The van der Waals surface area contributed by atoms with E-state index in [-0.39, 0.29) is 48.9 Å². The van der Waals surface area contributed by atoms with Crippen molar-refractivity contribution in [2.24, 2.45) is 10.7 Å². The van der Waals surface area contributed by atoms with Gasteiger partial charge in [-0.1, -0.05) is 29.2 Å². The van der Waals surface area contributed by atoms with Crippen LogP contribution in [0.5, 0.6) is 0 Å². The first kappa shape index (κ1) is 29.1. The number of guanidine groups is 1. The smallest absolute Gasteiger partial charge is 0.251 e. The van der Waals surface area contributed by atoms with Crippen LogP contribution in [0.3, 0.4) is 0 Å². The van der Waals surface area contributed by atoms with Crippen LogP contribution in [-0.4, -0.2) is 78.8 Å². The van der Waals surface area contributed by atoms with Gasteiger partial charge in [0.2, 0.25) is 21.8 Å². The van der Waals surface area contributed by atoms with Crippen LogP contribution in [0.4, 0.5) is 0 Å². The summed E-state index contributed by atoms with van der Waals surface area (Å²) in [5.41, 5.74) is 7.14. The van der Waals surface area contributed by atoms with E-state index in [1.807, 2.05) is 0 Å². The minimum atomic E-state index is -4.01. The quantitative estimate of drug-likeness (QED) is 0.165. The van der Waals surface area contributed by atoms with Gasteiger partial charge in [-0.05, 0) is 62.2 Å². The number of carbonyl (C=O) groups is 2. The molecule has 2 aromatic carbocycles. The maximum Gasteiger partial charge on any atom is 0.251 e. The largest absolute Gasteiger partial charge is 0.365 e. The molecule has 0 saturated carbocycles. The van der Waals surface area contributed by atoms with Crippen molar-refractivity contribution in [3.8, 4) is 0 Å². The number of nitrogens with zero attached hydrogens (tertiary/aromatic N) is 4. The van der Waals surface area contributed by atoms with Gasteiger partial charge in [0.15, 0.2) is 5.03 Å². The zero-order chi connectivity index (χ0) is 28.2. The van der Waals surface area contributed by atoms with Crippen LogP contribution in [0.25, 0.3) is 10.8 Å². The van der Waals surface area contributed by atoms with Crippen molar-refractivity contribution in [3.05, 3.63) is 51.5 Å². The number of amides is 2. The van der Waals surface area contributed by atoms with E-state index in [2.05, 4.69) is 9.71 Å². The van der Waals surface area contributed by atoms with Crippen LogP contribution < -0.4 is 15.9 Å². The Kier molecular flexibility index (Phi) is 9.12. The highest BCUT2D eigenvalue weighted by molar-refractivity contribution is 7.89. The van der Waals surface area contributed by atoms with Gasteiger partial charge in [-0.25, -0.2) is 23.5 Å². The van der Waals surface area contributed by atoms with Crippen molar-refractivity contribution in [1.82, 2.24) is 19.9 Å². The van der Waals surface area contributed by atoms with Gasteiger partial charge < -0.3 is 15.5 Å². The third-order valence-electron chi connectivity index (χ3n) is 6.18. The molecular formula is C23H30ClN7O6S. The standard InChI is InChI=1S/C23H30ClN7O6S/c1-14(2)29(11-9-26-23(25)27-31(34)35)21(32)15(3)30-10-8-20(22(30)33)28-38(36,37)19-7-5-16-12-18(24)6-4-17(16)13-19/h4-7,12-15,20,28H,8-11H2,1-3H3,(H3,25,26,27)/t15-,20-/m0/s1. The Balaban J connectivity index is 1.67. The van der Waals surface area contributed by atoms with Crippen molar-refractivity contribution in [3.63, 3.8) is 0 Å². The summed E-state index contributed by atoms with van der Waals surface area (Å²) in [6.45, 7) is 5.47. The lowest BCUT2D eigenvalue weighted by atomic mass is 10.1. The van der Waals surface area contributed by atoms with Crippen LogP contribution in [0.2, 0.25) is 5.02 Å². The maximum atomic E-state index is 13.2. The van der Waals surface area contributed by atoms with Crippen LogP contribution in [-0.2, 0) is 19.6 Å². The second-order valence-electron chi connectivity index (χ2n) is 9.08. The van der Waals surface area contributed by atoms with E-state index < -0.39 is 33.0 Å². The van der Waals surface area contributed by atoms with Crippen LogP contribution >= 0.6 is 11.6 Å². The number of nitrogens with one attached hydrogen (secondary N) is 2. The molecule has 4 N–H and O–H groups in total. The minimum absolute atomic E-state index is 0.0116. The summed E-state index contributed by atoms with van der Waals surface area (Å²) in [5.74, 6) is -1.25. The summed E-state index contributed by atoms with van der Waals surface area (Å²) in [4.78, 5) is 43.4. The SMILES string of the molecule is CC(C)N(CCN=C(N)N[N+](=O)[O-])C(=O)[C@H](C)N1CC[C@H](NS(=O)(=O)c2ccc3cc(Cl)ccc3c2)C1=O. The third-order valence-corrected chi connectivity index (χ3v) is 7.89. The van der Waals surface area contributed by atoms with Crippen molar-refractivity contribution in [2.45, 2.75) is 50.2 Å². The summed E-state index contributed by atoms with van der Waals surface area (Å²) in [6.07, 6.45) is 0.202. The number of aliphatic imine (C=N–C) groups is 1. The number of hydrogen-bond acceptors (Lipinski definition) is 7. The molecule has 1 aliphatic rings. The Labute approximate surface area is 225 Å². The van der Waals surface area contributed by atoms with Gasteiger partial charge in [0, 0.05) is 24.2 Å². The Morgan fingerprint density at radius 2 is 1.92 bits per heavy atom. The van der Waals surface area contributed by atoms with Gasteiger partial charge in [0.1, 0.15) is 12.1 Å². The molecular weight excluding hydrogens is 538 g/mol. The van der Waals surface area contributed by atoms with Gasteiger partial charge in [-0.15, -0.1) is 0 Å². The number of fused-ring (bicyclic) bond motifs is 1. The van der Waals surface area contributed by atoms with Gasteiger partial charge in [-0.2, -0.15) is 4.72 Å². The molecule has 0 spiro atoms. The number of rotatable bonds is 10. The molecule has 1 heterocycles. The molecule has 15 heteroatoms. The Hall–Kier alpha value is -3.49. The summed E-state index contributed by atoms with van der Waals surface area (Å²) in [7, 11) is -4.01. The Bertz CT molecular complexity index is 1370. The van der Waals surface area contributed by atoms with E-state index in [0.717, 1.165) is 5.39 Å². The number of likely N-dealkylation sites (tertiary alicyclic amines) is 1. The molecule has 1 saturated heterocycles. The zero-order valence-corrected chi connectivity index (χ0v) is 22.7. The molecule has 1 aliphatic heterocycles. The summed E-state index contributed by atoms with van der Waals surface area (Å²) in [6, 6.07) is 7.58. The monoisotopic (exact) mass is 567 g/mol. The fourth-order valence-electron chi connectivity index (χ4n) is 4.22. The number of hydrazine groups is 1. The molecule has 13 nitrogen and oxygen atoms in total. The molecule has 0 radical (unpaired) electrons. The second kappa shape index (κ2) is 11.9. The average molecular weight is 568 g/mol. The number of hydrogen-bond donors (Lipinski definition) is 3. The van der Waals surface area contributed by atoms with Gasteiger partial charge in [-0.3, -0.25) is 9.59 Å². The van der Waals surface area contributed by atoms with E-state index in [9.17, 15) is 28.1 Å². The number of carbonyl (C=O) groups excluding carboxylic acids is 2. The summed E-state index contributed by atoms with van der Waals surface area (Å²) >= 11 is 5.99. The summed E-state index contributed by atoms with van der Waals surface area (Å²) in [5, 5.41) is 11.6. The molecule has 0 unspecified atom stereocenters. The highest BCUT2D eigenvalue weighted by atomic mass is 35.5. The number of sulfonamides is 1. The van der Waals surface area contributed by atoms with E-state index in [0.29, 0.717) is 10.4 Å². The summed E-state index contributed by atoms with van der Waals surface area (Å²) < 4.78 is 28.6. The van der Waals surface area contributed by atoms with Gasteiger partial charge in [0.05, 0.1) is 11.4 Å². The second-order valence-corrected chi connectivity index (χ2v) is 11.2. The van der Waals surface area contributed by atoms with Crippen LogP contribution in [0.15, 0.2) is 46.3 Å². The maximum absolute atomic E-state index is 13.2. The molecule has 2 atom stereocenters. The van der Waals surface area contributed by atoms with Crippen molar-refractivity contribution in [2.75, 3.05) is 19.6 Å². The fraction of sp³-hybridized carbons (Fsp3) is 0.435. The lowest BCUT2D eigenvalue weighted by Gasteiger charge is -2.32. The Morgan fingerprint density at radius 1 is 1.26 bits per heavy atom. The molecule has 1 fully saturated rings. The van der Waals surface area contributed by atoms with E-state index in [1.165, 1.54) is 21.9 Å². The van der Waals surface area contributed by atoms with E-state index in [4.69, 9.17) is 17.3 Å². The first-order valence-electron chi connectivity index (χ1n) is 11.8. The first-order valence-corrected chi connectivity index (χ1v) is 13.7. The van der Waals surface area contributed by atoms with Crippen molar-refractivity contribution < 1.29 is 23.0 Å². The zero-order valence-electron chi connectivity index (χ0n) is 21.1. The molecule has 206 valence electrons. The predicted octanol–water partition coefficient (Wildman–Crippen LogP) is 1.09. The highest BCUT2D eigenvalue weighted by Gasteiger charge is 2.40. The van der Waals surface area contributed by atoms with E-state index >= 15 is 0 Å². The van der Waals surface area contributed by atoms with Gasteiger partial charge >= 0.3 is 0 Å². The molecule has 0 aliphatic carbocycles. The molecule has 0 bridgehead atoms. The predicted molar refractivity (Wildman–Crippen MR) is 142 cm³/mol. The molecule has 0 aromatic heterocycles. The lowest BCUT2D eigenvalue weighted by Crippen LogP contribution is -2.52. The normalized spacial score (nSPS) is 17.2.